The number of thioether (sulfide) groups is 1. The van der Waals surface area contributed by atoms with Crippen molar-refractivity contribution in [2.45, 2.75) is 99.7 Å². The van der Waals surface area contributed by atoms with Crippen LogP contribution in [0.2, 0.25) is 0 Å². The number of aliphatic hydroxyl groups is 2. The summed E-state index contributed by atoms with van der Waals surface area (Å²) in [7, 11) is 0. The number of oxime groups is 1. The van der Waals surface area contributed by atoms with E-state index in [2.05, 4.69) is 36.9 Å². The lowest BCUT2D eigenvalue weighted by atomic mass is 9.55. The number of ether oxygens (including phenoxy) is 4. The van der Waals surface area contributed by atoms with Crippen LogP contribution in [0, 0.1) is 27.9 Å². The number of benzene rings is 5. The van der Waals surface area contributed by atoms with Gasteiger partial charge < -0.3 is 38.9 Å². The normalized spacial score (nSPS) is 23.8. The van der Waals surface area contributed by atoms with Crippen molar-refractivity contribution in [1.29, 1.82) is 0 Å². The maximum atomic E-state index is 15.6. The number of nitro groups is 1. The summed E-state index contributed by atoms with van der Waals surface area (Å²) in [6, 6.07) is 33.4. The van der Waals surface area contributed by atoms with Crippen LogP contribution in [0.15, 0.2) is 150 Å². The van der Waals surface area contributed by atoms with Crippen LogP contribution in [0.4, 0.5) is 5.69 Å². The molecule has 0 bridgehead atoms. The Morgan fingerprint density at radius 1 is 0.945 bits per heavy atom. The van der Waals surface area contributed by atoms with E-state index in [1.807, 2.05) is 71.8 Å². The number of carbonyl (C=O) groups is 1. The van der Waals surface area contributed by atoms with E-state index in [-0.39, 0.29) is 62.1 Å². The number of unbranched alkanes of at least 4 members (excludes halogenated alkanes) is 2. The Hall–Kier alpha value is -6.29. The molecule has 4 aliphatic rings. The lowest BCUT2D eigenvalue weighted by Crippen LogP contribution is -2.70. The van der Waals surface area contributed by atoms with E-state index >= 15 is 4.79 Å². The number of rotatable bonds is 22. The first-order valence-electron chi connectivity index (χ1n) is 25.6. The molecule has 9 rings (SSSR count). The molecule has 1 saturated heterocycles. The van der Waals surface area contributed by atoms with Crippen LogP contribution in [-0.4, -0.2) is 82.5 Å². The summed E-state index contributed by atoms with van der Waals surface area (Å²) in [5.74, 6) is -0.728. The zero-order valence-electron chi connectivity index (χ0n) is 41.4. The van der Waals surface area contributed by atoms with Gasteiger partial charge in [0.05, 0.1) is 29.8 Å². The van der Waals surface area contributed by atoms with E-state index in [9.17, 15) is 20.3 Å². The molecule has 0 radical (unpaired) electrons. The van der Waals surface area contributed by atoms with Crippen LogP contribution in [-0.2, 0) is 25.7 Å². The second-order valence-corrected chi connectivity index (χ2v) is 20.1. The number of non-ortho nitro benzene ring substituents is 1. The molecule has 1 amide bonds. The van der Waals surface area contributed by atoms with Gasteiger partial charge in [0.15, 0.2) is 0 Å². The average molecular weight is 1010 g/mol. The number of nitro benzene ring substituents is 1. The fourth-order valence-corrected chi connectivity index (χ4v) is 11.7. The van der Waals surface area contributed by atoms with Crippen LogP contribution < -0.4 is 9.47 Å². The van der Waals surface area contributed by atoms with Crippen molar-refractivity contribution in [3.63, 3.8) is 0 Å². The second kappa shape index (κ2) is 24.2. The topological polar surface area (TPSA) is 162 Å². The maximum Gasteiger partial charge on any atom is 0.269 e. The van der Waals surface area contributed by atoms with Gasteiger partial charge in [0.1, 0.15) is 23.3 Å². The molecule has 13 nitrogen and oxygen atoms in total. The molecule has 2 fully saturated rings. The van der Waals surface area contributed by atoms with Crippen LogP contribution in [0.1, 0.15) is 86.8 Å². The minimum absolute atomic E-state index is 0.00342. The summed E-state index contributed by atoms with van der Waals surface area (Å²) in [6.45, 7) is 5.08. The Morgan fingerprint density at radius 2 is 1.71 bits per heavy atom. The molecule has 0 spiro atoms. The highest BCUT2D eigenvalue weighted by atomic mass is 32.2. The van der Waals surface area contributed by atoms with E-state index in [0.29, 0.717) is 54.4 Å². The Balaban J connectivity index is 1.26. The molecular formula is C59H65N3O10S. The Kier molecular flexibility index (Phi) is 17.1. The third kappa shape index (κ3) is 11.6. The highest BCUT2D eigenvalue weighted by molar-refractivity contribution is 7.98. The molecule has 7 atom stereocenters. The minimum Gasteiger partial charge on any atom is -0.459 e. The van der Waals surface area contributed by atoms with Crippen molar-refractivity contribution in [3.05, 3.63) is 166 Å². The van der Waals surface area contributed by atoms with E-state index in [0.717, 1.165) is 70.9 Å². The van der Waals surface area contributed by atoms with Crippen molar-refractivity contribution < 1.29 is 43.7 Å². The van der Waals surface area contributed by atoms with Gasteiger partial charge in [0.25, 0.3) is 5.69 Å². The highest BCUT2D eigenvalue weighted by Crippen LogP contribution is 2.62. The fraction of sp³-hybridized carbons (Fsp3) is 0.390. The number of fused-ring (bicyclic) bond motifs is 3. The average Bonchev–Trinajstić information content (AvgIpc) is 3.42. The lowest BCUT2D eigenvalue weighted by Gasteiger charge is -2.60. The monoisotopic (exact) mass is 1010 g/mol. The first kappa shape index (κ1) is 51.6. The van der Waals surface area contributed by atoms with Gasteiger partial charge in [-0.3, -0.25) is 14.9 Å². The number of nitrogens with zero attached hydrogens (tertiary/aromatic N) is 3. The third-order valence-electron chi connectivity index (χ3n) is 14.8. The van der Waals surface area contributed by atoms with Gasteiger partial charge >= 0.3 is 0 Å². The summed E-state index contributed by atoms with van der Waals surface area (Å²) in [4.78, 5) is 36.0. The molecule has 2 heterocycles. The van der Waals surface area contributed by atoms with Crippen molar-refractivity contribution in [1.82, 2.24) is 4.90 Å². The Labute approximate surface area is 431 Å². The molecule has 14 heteroatoms. The largest absolute Gasteiger partial charge is 0.459 e. The van der Waals surface area contributed by atoms with E-state index in [1.54, 1.807) is 36.0 Å². The molecule has 382 valence electrons. The molecule has 5 aromatic rings. The fourth-order valence-electron chi connectivity index (χ4n) is 11.3. The quantitative estimate of drug-likeness (QED) is 0.0169. The van der Waals surface area contributed by atoms with Gasteiger partial charge in [-0.15, -0.1) is 18.3 Å². The molecule has 2 aliphatic heterocycles. The summed E-state index contributed by atoms with van der Waals surface area (Å²) in [6.07, 6.45) is 15.9. The molecule has 1 unspecified atom stereocenters. The van der Waals surface area contributed by atoms with E-state index in [4.69, 9.17) is 28.9 Å². The van der Waals surface area contributed by atoms with Gasteiger partial charge in [-0.05, 0) is 145 Å². The van der Waals surface area contributed by atoms with E-state index in [1.165, 1.54) is 18.2 Å². The molecule has 73 heavy (non-hydrogen) atoms. The van der Waals surface area contributed by atoms with E-state index < -0.39 is 29.0 Å². The smallest absolute Gasteiger partial charge is 0.269 e. The molecule has 2 N–H and O–H groups in total. The number of amides is 1. The van der Waals surface area contributed by atoms with Crippen molar-refractivity contribution in [2.75, 3.05) is 32.7 Å². The van der Waals surface area contributed by atoms with Crippen LogP contribution >= 0.6 is 11.8 Å². The number of carbonyl (C=O) groups excluding carboxylic acids is 1. The molecule has 2 aliphatic carbocycles. The predicted octanol–water partition coefficient (Wildman–Crippen LogP) is 12.2. The first-order chi connectivity index (χ1) is 35.7. The zero-order valence-corrected chi connectivity index (χ0v) is 42.2. The van der Waals surface area contributed by atoms with Crippen molar-refractivity contribution >= 4 is 45.9 Å². The van der Waals surface area contributed by atoms with Crippen molar-refractivity contribution in [3.8, 4) is 17.2 Å². The van der Waals surface area contributed by atoms with Crippen LogP contribution in [0.5, 0.6) is 17.2 Å². The van der Waals surface area contributed by atoms with Gasteiger partial charge in [-0.25, -0.2) is 0 Å². The van der Waals surface area contributed by atoms with Gasteiger partial charge in [0.2, 0.25) is 18.0 Å². The molecule has 0 aromatic heterocycles. The Bertz CT molecular complexity index is 2800. The lowest BCUT2D eigenvalue weighted by molar-refractivity contribution is -0.384. The second-order valence-electron chi connectivity index (χ2n) is 19.2. The summed E-state index contributed by atoms with van der Waals surface area (Å²) in [5.41, 5.74) is 4.00. The van der Waals surface area contributed by atoms with Gasteiger partial charge in [-0.2, -0.15) is 0 Å². The zero-order chi connectivity index (χ0) is 50.7. The van der Waals surface area contributed by atoms with Gasteiger partial charge in [0, 0.05) is 67.2 Å². The van der Waals surface area contributed by atoms with Gasteiger partial charge in [-0.1, -0.05) is 72.6 Å². The molecule has 1 saturated carbocycles. The molecule has 5 aromatic carbocycles. The summed E-state index contributed by atoms with van der Waals surface area (Å²) >= 11 is 1.66. The molecular weight excluding hydrogens is 943 g/mol. The summed E-state index contributed by atoms with van der Waals surface area (Å²) in [5, 5.41) is 38.8. The first-order valence-corrected chi connectivity index (χ1v) is 26.8. The standard InChI is InChI=1S/C59H65N3O10S/c1-3-34-69-59-54(61(39-43-16-12-15-41-13-4-5-17-48(41)43)55(65)31-22-40-20-23-44(24-21-40)62(66)67)38-52(60-72-56-19-8-11-35-68-56)50-36-42(14-6-9-32-63)49(18-7-10-33-64)57(58(50)59)51-37-46(27-30-53(51)71-59)70-45-25-28-47(73-2)29-26-45/h3-5,12-13,15-17,20-31,36-37,42,49,54,56-58,63-64H,1,6-11,14,18-19,32-35,38-39H2,2H3/t42-,49+,54-,56?,57+,58+,59+/m0/s1. The SMILES string of the molecule is C=CCO[C@@]12Oc3ccc(Oc4ccc(SC)cc4)cc3[C@H]3[C@H](CCCCO)[C@@H](CCCCO)C=C(C(=NOC4CCCCO4)C[C@@H]1N(Cc1cccc4ccccc14)C(=O)C=Cc1ccc([N+](=O)[O-])cc1)[C@H]32. The third-order valence-corrected chi connectivity index (χ3v) is 15.5. The predicted molar refractivity (Wildman–Crippen MR) is 285 cm³/mol. The maximum absolute atomic E-state index is 15.6. The highest BCUT2D eigenvalue weighted by Gasteiger charge is 2.65. The van der Waals surface area contributed by atoms with Crippen LogP contribution in [0.3, 0.4) is 0 Å². The van der Waals surface area contributed by atoms with Crippen molar-refractivity contribution in [2.24, 2.45) is 22.9 Å². The number of allylic oxidation sites excluding steroid dienone is 1. The Morgan fingerprint density at radius 3 is 2.45 bits per heavy atom. The number of hydrogen-bond acceptors (Lipinski definition) is 12. The summed E-state index contributed by atoms with van der Waals surface area (Å²) < 4.78 is 27.6. The minimum atomic E-state index is -1.53. The van der Waals surface area contributed by atoms with Crippen LogP contribution in [0.25, 0.3) is 16.8 Å². The number of hydrogen-bond donors (Lipinski definition) is 2. The number of aliphatic hydroxyl groups excluding tert-OH is 2.